The second-order valence-corrected chi connectivity index (χ2v) is 11.7. The SMILES string of the molecule is O=C(C=C(O)c1cc(Cc2ccc(F)cc2)cn(Cc2ccccc2F)c1=O)C(=O)N1CCN(c2ccc(-c3ccccc3)cc2)CC1. The summed E-state index contributed by atoms with van der Waals surface area (Å²) in [6, 6.07) is 31.5. The van der Waals surface area contributed by atoms with E-state index in [9.17, 15) is 28.3 Å². The van der Waals surface area contributed by atoms with E-state index in [1.54, 1.807) is 24.3 Å². The van der Waals surface area contributed by atoms with Gasteiger partial charge in [0.1, 0.15) is 17.4 Å². The fourth-order valence-corrected chi connectivity index (χ4v) is 5.83. The molecule has 1 amide bonds. The van der Waals surface area contributed by atoms with Crippen molar-refractivity contribution in [3.63, 3.8) is 0 Å². The topological polar surface area (TPSA) is 82.8 Å². The van der Waals surface area contributed by atoms with E-state index in [4.69, 9.17) is 0 Å². The molecule has 1 aromatic heterocycles. The fourth-order valence-electron chi connectivity index (χ4n) is 5.83. The largest absolute Gasteiger partial charge is 0.507 e. The predicted octanol–water partition coefficient (Wildman–Crippen LogP) is 6.25. The number of benzene rings is 4. The van der Waals surface area contributed by atoms with E-state index in [1.807, 2.05) is 30.3 Å². The summed E-state index contributed by atoms with van der Waals surface area (Å²) in [5.41, 5.74) is 3.91. The lowest BCUT2D eigenvalue weighted by Gasteiger charge is -2.35. The number of hydrogen-bond donors (Lipinski definition) is 1. The summed E-state index contributed by atoms with van der Waals surface area (Å²) in [4.78, 5) is 43.2. The lowest BCUT2D eigenvalue weighted by Crippen LogP contribution is -2.50. The summed E-state index contributed by atoms with van der Waals surface area (Å²) >= 11 is 0. The number of piperazine rings is 1. The van der Waals surface area contributed by atoms with Crippen LogP contribution in [0.2, 0.25) is 0 Å². The van der Waals surface area contributed by atoms with E-state index in [0.29, 0.717) is 31.7 Å². The van der Waals surface area contributed by atoms with E-state index < -0.39 is 34.6 Å². The van der Waals surface area contributed by atoms with Gasteiger partial charge in [0.15, 0.2) is 0 Å². The molecule has 0 unspecified atom stereocenters. The number of pyridine rings is 1. The van der Waals surface area contributed by atoms with Crippen LogP contribution in [0.3, 0.4) is 0 Å². The molecule has 1 N–H and O–H groups in total. The summed E-state index contributed by atoms with van der Waals surface area (Å²) in [6.45, 7) is 1.52. The molecular weight excluding hydrogens is 612 g/mol. The van der Waals surface area contributed by atoms with Crippen molar-refractivity contribution in [1.29, 1.82) is 0 Å². The molecule has 1 fully saturated rings. The number of ketones is 1. The highest BCUT2D eigenvalue weighted by atomic mass is 19.1. The van der Waals surface area contributed by atoms with Crippen molar-refractivity contribution in [3.8, 4) is 11.1 Å². The normalized spacial score (nSPS) is 13.4. The molecule has 0 atom stereocenters. The molecule has 4 aromatic carbocycles. The van der Waals surface area contributed by atoms with Crippen LogP contribution in [0.4, 0.5) is 14.5 Å². The number of aliphatic hydroxyl groups is 1. The Balaban J connectivity index is 1.17. The molecule has 242 valence electrons. The molecule has 0 saturated carbocycles. The van der Waals surface area contributed by atoms with Crippen LogP contribution in [0.1, 0.15) is 22.3 Å². The molecule has 0 bridgehead atoms. The van der Waals surface area contributed by atoms with Crippen molar-refractivity contribution < 1.29 is 23.5 Å². The van der Waals surface area contributed by atoms with Crippen molar-refractivity contribution >= 4 is 23.1 Å². The molecule has 1 saturated heterocycles. The van der Waals surface area contributed by atoms with Gasteiger partial charge in [-0.1, -0.05) is 72.8 Å². The maximum Gasteiger partial charge on any atom is 0.294 e. The molecule has 1 aliphatic heterocycles. The van der Waals surface area contributed by atoms with E-state index in [2.05, 4.69) is 29.2 Å². The van der Waals surface area contributed by atoms with Gasteiger partial charge in [0.2, 0.25) is 5.78 Å². The lowest BCUT2D eigenvalue weighted by molar-refractivity contribution is -0.142. The smallest absolute Gasteiger partial charge is 0.294 e. The Kier molecular flexibility index (Phi) is 9.57. The summed E-state index contributed by atoms with van der Waals surface area (Å²) < 4.78 is 29.2. The van der Waals surface area contributed by atoms with Gasteiger partial charge in [0.25, 0.3) is 11.5 Å². The molecule has 0 aliphatic carbocycles. The van der Waals surface area contributed by atoms with Gasteiger partial charge >= 0.3 is 0 Å². The molecule has 1 aliphatic rings. The number of rotatable bonds is 9. The molecule has 7 nitrogen and oxygen atoms in total. The van der Waals surface area contributed by atoms with Crippen LogP contribution in [0, 0.1) is 11.6 Å². The van der Waals surface area contributed by atoms with Crippen LogP contribution in [0.5, 0.6) is 0 Å². The first-order valence-electron chi connectivity index (χ1n) is 15.6. The summed E-state index contributed by atoms with van der Waals surface area (Å²) in [5.74, 6) is -3.31. The van der Waals surface area contributed by atoms with Gasteiger partial charge < -0.3 is 19.5 Å². The Labute approximate surface area is 276 Å². The molecule has 0 spiro atoms. The molecule has 48 heavy (non-hydrogen) atoms. The van der Waals surface area contributed by atoms with Crippen LogP contribution in [-0.2, 0) is 22.6 Å². The highest BCUT2D eigenvalue weighted by molar-refractivity contribution is 6.41. The molecule has 9 heteroatoms. The van der Waals surface area contributed by atoms with Gasteiger partial charge in [0.05, 0.1) is 12.1 Å². The quantitative estimate of drug-likeness (QED) is 0.117. The summed E-state index contributed by atoms with van der Waals surface area (Å²) in [6.07, 6.45) is 2.57. The number of aliphatic hydroxyl groups excluding tert-OH is 1. The van der Waals surface area contributed by atoms with Gasteiger partial charge in [0, 0.05) is 49.7 Å². The Morgan fingerprint density at radius 1 is 0.750 bits per heavy atom. The Morgan fingerprint density at radius 2 is 1.40 bits per heavy atom. The van der Waals surface area contributed by atoms with Crippen LogP contribution in [0.15, 0.2) is 126 Å². The first kappa shape index (κ1) is 32.1. The zero-order valence-electron chi connectivity index (χ0n) is 26.1. The third-order valence-electron chi connectivity index (χ3n) is 8.42. The average molecular weight is 646 g/mol. The first-order chi connectivity index (χ1) is 23.2. The van der Waals surface area contributed by atoms with Crippen LogP contribution < -0.4 is 10.5 Å². The average Bonchev–Trinajstić information content (AvgIpc) is 3.11. The first-order valence-corrected chi connectivity index (χ1v) is 15.6. The number of amides is 1. The Bertz CT molecular complexity index is 2020. The van der Waals surface area contributed by atoms with Crippen molar-refractivity contribution in [2.45, 2.75) is 13.0 Å². The zero-order chi connectivity index (χ0) is 33.6. The van der Waals surface area contributed by atoms with Crippen molar-refractivity contribution in [2.24, 2.45) is 0 Å². The minimum Gasteiger partial charge on any atom is -0.507 e. The van der Waals surface area contributed by atoms with E-state index in [-0.39, 0.29) is 24.1 Å². The molecule has 5 aromatic rings. The number of nitrogens with zero attached hydrogens (tertiary/aromatic N) is 3. The van der Waals surface area contributed by atoms with Crippen LogP contribution in [0.25, 0.3) is 16.9 Å². The predicted molar refractivity (Wildman–Crippen MR) is 182 cm³/mol. The molecule has 0 radical (unpaired) electrons. The minimum atomic E-state index is -0.961. The lowest BCUT2D eigenvalue weighted by atomic mass is 10.0. The molecule has 6 rings (SSSR count). The van der Waals surface area contributed by atoms with Crippen molar-refractivity contribution in [2.75, 3.05) is 31.1 Å². The van der Waals surface area contributed by atoms with E-state index >= 15 is 0 Å². The third kappa shape index (κ3) is 7.41. The number of hydrogen-bond acceptors (Lipinski definition) is 5. The molecular formula is C39H33F2N3O4. The van der Waals surface area contributed by atoms with Crippen molar-refractivity contribution in [3.05, 3.63) is 166 Å². The van der Waals surface area contributed by atoms with Gasteiger partial charge in [-0.25, -0.2) is 8.78 Å². The zero-order valence-corrected chi connectivity index (χ0v) is 26.1. The third-order valence-corrected chi connectivity index (χ3v) is 8.42. The number of anilines is 1. The Morgan fingerprint density at radius 3 is 2.08 bits per heavy atom. The fraction of sp³-hybridized carbons (Fsp3) is 0.154. The van der Waals surface area contributed by atoms with Crippen LogP contribution >= 0.6 is 0 Å². The number of carbonyl (C=O) groups excluding carboxylic acids is 2. The van der Waals surface area contributed by atoms with Crippen molar-refractivity contribution in [1.82, 2.24) is 9.47 Å². The van der Waals surface area contributed by atoms with E-state index in [0.717, 1.165) is 28.5 Å². The second kappa shape index (κ2) is 14.3. The minimum absolute atomic E-state index is 0.130. The van der Waals surface area contributed by atoms with Gasteiger partial charge in [-0.2, -0.15) is 0 Å². The molecule has 2 heterocycles. The van der Waals surface area contributed by atoms with Gasteiger partial charge in [-0.3, -0.25) is 14.4 Å². The van der Waals surface area contributed by atoms with Crippen LogP contribution in [-0.4, -0.2) is 52.4 Å². The Hall–Kier alpha value is -5.83. The highest BCUT2D eigenvalue weighted by Gasteiger charge is 2.26. The standard InChI is InChI=1S/C39H33F2N3O4/c40-32-14-10-27(11-15-32)22-28-23-34(38(47)44(25-28)26-31-8-4-5-9-35(31)41)36(45)24-37(46)39(48)43-20-18-42(19-21-43)33-16-12-30(13-17-33)29-6-2-1-3-7-29/h1-17,23-25,45H,18-22,26H2. The number of carbonyl (C=O) groups is 2. The second-order valence-electron chi connectivity index (χ2n) is 11.7. The van der Waals surface area contributed by atoms with Gasteiger partial charge in [-0.15, -0.1) is 0 Å². The highest BCUT2D eigenvalue weighted by Crippen LogP contribution is 2.24. The maximum absolute atomic E-state index is 14.5. The van der Waals surface area contributed by atoms with Gasteiger partial charge in [-0.05, 0) is 65.1 Å². The monoisotopic (exact) mass is 645 g/mol. The maximum atomic E-state index is 14.5. The summed E-state index contributed by atoms with van der Waals surface area (Å²) in [7, 11) is 0. The summed E-state index contributed by atoms with van der Waals surface area (Å²) in [5, 5.41) is 11.0. The number of aromatic nitrogens is 1. The van der Waals surface area contributed by atoms with E-state index in [1.165, 1.54) is 46.0 Å². The number of halogens is 2.